The van der Waals surface area contributed by atoms with Crippen LogP contribution in [-0.2, 0) is 6.54 Å². The summed E-state index contributed by atoms with van der Waals surface area (Å²) < 4.78 is 6.50. The fourth-order valence-electron chi connectivity index (χ4n) is 2.80. The zero-order chi connectivity index (χ0) is 14.4. The van der Waals surface area contributed by atoms with Gasteiger partial charge in [0.15, 0.2) is 0 Å². The number of hydrogen-bond acceptors (Lipinski definition) is 3. The molecule has 3 nitrogen and oxygen atoms in total. The molecule has 0 amide bonds. The summed E-state index contributed by atoms with van der Waals surface area (Å²) in [5, 5.41) is 3.66. The van der Waals surface area contributed by atoms with Crippen molar-refractivity contribution >= 4 is 15.9 Å². The van der Waals surface area contributed by atoms with E-state index in [1.165, 1.54) is 29.3 Å². The van der Waals surface area contributed by atoms with Crippen LogP contribution in [0.15, 0.2) is 22.7 Å². The Labute approximate surface area is 130 Å². The number of rotatable bonds is 5. The molecule has 1 aromatic carbocycles. The predicted molar refractivity (Wildman–Crippen MR) is 87.3 cm³/mol. The second-order valence-electron chi connectivity index (χ2n) is 5.49. The third-order valence-electron chi connectivity index (χ3n) is 3.85. The Morgan fingerprint density at radius 2 is 2.30 bits per heavy atom. The monoisotopic (exact) mass is 340 g/mol. The normalized spacial score (nSPS) is 20.6. The molecule has 1 aromatic rings. The molecule has 0 aromatic heterocycles. The van der Waals surface area contributed by atoms with Crippen LogP contribution in [0, 0.1) is 0 Å². The summed E-state index contributed by atoms with van der Waals surface area (Å²) >= 11 is 3.65. The minimum atomic E-state index is 0.631. The molecule has 1 heterocycles. The van der Waals surface area contributed by atoms with Crippen LogP contribution in [0.2, 0.25) is 0 Å². The van der Waals surface area contributed by atoms with E-state index < -0.39 is 0 Å². The Kier molecular flexibility index (Phi) is 6.33. The molecular formula is C16H25BrN2O. The van der Waals surface area contributed by atoms with Gasteiger partial charge in [0.05, 0.1) is 7.11 Å². The van der Waals surface area contributed by atoms with E-state index in [-0.39, 0.29) is 0 Å². The van der Waals surface area contributed by atoms with E-state index in [9.17, 15) is 0 Å². The molecule has 0 bridgehead atoms. The van der Waals surface area contributed by atoms with Gasteiger partial charge in [-0.1, -0.05) is 29.3 Å². The van der Waals surface area contributed by atoms with Crippen molar-refractivity contribution in [2.24, 2.45) is 0 Å². The molecule has 0 spiro atoms. The van der Waals surface area contributed by atoms with Crippen LogP contribution in [0.1, 0.15) is 31.7 Å². The number of hydrogen-bond donors (Lipinski definition) is 1. The van der Waals surface area contributed by atoms with E-state index in [0.29, 0.717) is 6.04 Å². The van der Waals surface area contributed by atoms with Gasteiger partial charge in [0.1, 0.15) is 5.75 Å². The molecule has 1 saturated heterocycles. The Hall–Kier alpha value is -0.580. The average Bonchev–Trinajstić information content (AvgIpc) is 2.67. The van der Waals surface area contributed by atoms with Crippen LogP contribution in [0.3, 0.4) is 0 Å². The van der Waals surface area contributed by atoms with E-state index in [1.54, 1.807) is 7.11 Å². The Morgan fingerprint density at radius 3 is 3.05 bits per heavy atom. The number of nitrogens with one attached hydrogen (secondary N) is 1. The SMILES string of the molecule is CCCC1CN(Cc2cc(OC)ccc2Br)CCCN1. The summed E-state index contributed by atoms with van der Waals surface area (Å²) in [5.74, 6) is 0.932. The number of ether oxygens (including phenoxy) is 1. The molecule has 2 rings (SSSR count). The first kappa shape index (κ1) is 15.8. The van der Waals surface area contributed by atoms with Gasteiger partial charge in [-0.3, -0.25) is 4.90 Å². The van der Waals surface area contributed by atoms with Crippen LogP contribution in [0.5, 0.6) is 5.75 Å². The van der Waals surface area contributed by atoms with Gasteiger partial charge in [-0.15, -0.1) is 0 Å². The highest BCUT2D eigenvalue weighted by atomic mass is 79.9. The van der Waals surface area contributed by atoms with Crippen LogP contribution < -0.4 is 10.1 Å². The van der Waals surface area contributed by atoms with Crippen molar-refractivity contribution in [3.8, 4) is 5.75 Å². The quantitative estimate of drug-likeness (QED) is 0.888. The van der Waals surface area contributed by atoms with Crippen molar-refractivity contribution in [2.45, 2.75) is 38.8 Å². The molecule has 1 unspecified atom stereocenters. The van der Waals surface area contributed by atoms with Crippen LogP contribution in [0.25, 0.3) is 0 Å². The van der Waals surface area contributed by atoms with Gasteiger partial charge in [0.2, 0.25) is 0 Å². The van der Waals surface area contributed by atoms with Gasteiger partial charge in [0, 0.05) is 23.6 Å². The Balaban J connectivity index is 2.03. The minimum Gasteiger partial charge on any atom is -0.497 e. The zero-order valence-corrected chi connectivity index (χ0v) is 14.1. The van der Waals surface area contributed by atoms with Crippen LogP contribution in [-0.4, -0.2) is 37.7 Å². The summed E-state index contributed by atoms with van der Waals surface area (Å²) in [6, 6.07) is 6.84. The van der Waals surface area contributed by atoms with E-state index >= 15 is 0 Å². The zero-order valence-electron chi connectivity index (χ0n) is 12.5. The molecule has 0 aliphatic carbocycles. The second-order valence-corrected chi connectivity index (χ2v) is 6.34. The topological polar surface area (TPSA) is 24.5 Å². The van der Waals surface area contributed by atoms with Crippen molar-refractivity contribution < 1.29 is 4.74 Å². The van der Waals surface area contributed by atoms with Gasteiger partial charge < -0.3 is 10.1 Å². The van der Waals surface area contributed by atoms with Gasteiger partial charge >= 0.3 is 0 Å². The highest BCUT2D eigenvalue weighted by Crippen LogP contribution is 2.24. The predicted octanol–water partition coefficient (Wildman–Crippen LogP) is 3.42. The molecule has 0 saturated carbocycles. The molecule has 1 aliphatic heterocycles. The molecule has 1 fully saturated rings. The second kappa shape index (κ2) is 8.01. The molecule has 112 valence electrons. The molecule has 1 aliphatic rings. The van der Waals surface area contributed by atoms with Crippen molar-refractivity contribution in [1.82, 2.24) is 10.2 Å². The van der Waals surface area contributed by atoms with E-state index in [2.05, 4.69) is 45.2 Å². The third-order valence-corrected chi connectivity index (χ3v) is 4.62. The maximum Gasteiger partial charge on any atom is 0.119 e. The van der Waals surface area contributed by atoms with E-state index in [4.69, 9.17) is 4.74 Å². The van der Waals surface area contributed by atoms with Crippen LogP contribution >= 0.6 is 15.9 Å². The van der Waals surface area contributed by atoms with Crippen molar-refractivity contribution in [1.29, 1.82) is 0 Å². The summed E-state index contributed by atoms with van der Waals surface area (Å²) in [6.45, 7) is 6.68. The molecule has 0 radical (unpaired) electrons. The minimum absolute atomic E-state index is 0.631. The maximum absolute atomic E-state index is 5.33. The number of benzene rings is 1. The van der Waals surface area contributed by atoms with Crippen molar-refractivity contribution in [2.75, 3.05) is 26.7 Å². The average molecular weight is 341 g/mol. The standard InChI is InChI=1S/C16H25BrN2O/c1-3-5-14-12-19(9-4-8-18-14)11-13-10-15(20-2)6-7-16(13)17/h6-7,10,14,18H,3-5,8-9,11-12H2,1-2H3. The highest BCUT2D eigenvalue weighted by Gasteiger charge is 2.18. The molecule has 4 heteroatoms. The lowest BCUT2D eigenvalue weighted by Gasteiger charge is -2.24. The first-order chi connectivity index (χ1) is 9.72. The van der Waals surface area contributed by atoms with Gasteiger partial charge in [0.25, 0.3) is 0 Å². The summed E-state index contributed by atoms with van der Waals surface area (Å²) in [7, 11) is 1.72. The number of nitrogens with zero attached hydrogens (tertiary/aromatic N) is 1. The Bertz CT molecular complexity index is 425. The van der Waals surface area contributed by atoms with E-state index in [0.717, 1.165) is 31.9 Å². The highest BCUT2D eigenvalue weighted by molar-refractivity contribution is 9.10. The Morgan fingerprint density at radius 1 is 1.45 bits per heavy atom. The van der Waals surface area contributed by atoms with Gasteiger partial charge in [-0.25, -0.2) is 0 Å². The molecule has 20 heavy (non-hydrogen) atoms. The number of halogens is 1. The number of methoxy groups -OCH3 is 1. The summed E-state index contributed by atoms with van der Waals surface area (Å²) in [5.41, 5.74) is 1.31. The summed E-state index contributed by atoms with van der Waals surface area (Å²) in [6.07, 6.45) is 3.73. The van der Waals surface area contributed by atoms with Crippen LogP contribution in [0.4, 0.5) is 0 Å². The van der Waals surface area contributed by atoms with Crippen molar-refractivity contribution in [3.05, 3.63) is 28.2 Å². The molecular weight excluding hydrogens is 316 g/mol. The fourth-order valence-corrected chi connectivity index (χ4v) is 3.17. The summed E-state index contributed by atoms with van der Waals surface area (Å²) in [4.78, 5) is 2.56. The lowest BCUT2D eigenvalue weighted by molar-refractivity contribution is 0.254. The molecule has 1 atom stereocenters. The maximum atomic E-state index is 5.33. The van der Waals surface area contributed by atoms with E-state index in [1.807, 2.05) is 6.07 Å². The first-order valence-corrected chi connectivity index (χ1v) is 8.30. The third kappa shape index (κ3) is 4.47. The fraction of sp³-hybridized carbons (Fsp3) is 0.625. The van der Waals surface area contributed by atoms with Crippen molar-refractivity contribution in [3.63, 3.8) is 0 Å². The van der Waals surface area contributed by atoms with Gasteiger partial charge in [-0.05, 0) is 49.7 Å². The molecule has 1 N–H and O–H groups in total. The smallest absolute Gasteiger partial charge is 0.119 e. The largest absolute Gasteiger partial charge is 0.497 e. The first-order valence-electron chi connectivity index (χ1n) is 7.51. The lowest BCUT2D eigenvalue weighted by atomic mass is 10.1. The van der Waals surface area contributed by atoms with Gasteiger partial charge in [-0.2, -0.15) is 0 Å². The lowest BCUT2D eigenvalue weighted by Crippen LogP contribution is -2.37.